The minimum absolute atomic E-state index is 0.139. The lowest BCUT2D eigenvalue weighted by atomic mass is 9.86. The molecule has 0 unspecified atom stereocenters. The Hall–Kier alpha value is -4.60. The van der Waals surface area contributed by atoms with E-state index in [0.29, 0.717) is 17.3 Å². The van der Waals surface area contributed by atoms with Crippen LogP contribution in [0.2, 0.25) is 0 Å². The van der Waals surface area contributed by atoms with E-state index < -0.39 is 5.91 Å². The summed E-state index contributed by atoms with van der Waals surface area (Å²) in [6, 6.07) is 16.9. The second-order valence-electron chi connectivity index (χ2n) is 7.90. The van der Waals surface area contributed by atoms with Crippen LogP contribution in [0.3, 0.4) is 0 Å². The van der Waals surface area contributed by atoms with Gasteiger partial charge in [0.15, 0.2) is 6.61 Å². The van der Waals surface area contributed by atoms with Gasteiger partial charge in [0.05, 0.1) is 17.6 Å². The highest BCUT2D eigenvalue weighted by Gasteiger charge is 2.33. The second kappa shape index (κ2) is 8.74. The highest BCUT2D eigenvalue weighted by molar-refractivity contribution is 5.95. The molecule has 1 aliphatic rings. The molecular weight excluding hydrogens is 434 g/mol. The number of nitrogens with two attached hydrogens (primary N) is 1. The van der Waals surface area contributed by atoms with Crippen molar-refractivity contribution in [3.8, 4) is 23.0 Å². The number of aryl methyl sites for hydroxylation is 1. The maximum atomic E-state index is 12.7. The maximum absolute atomic E-state index is 12.7. The van der Waals surface area contributed by atoms with Gasteiger partial charge in [-0.25, -0.2) is 4.98 Å². The van der Waals surface area contributed by atoms with E-state index in [1.54, 1.807) is 18.3 Å². The number of fused-ring (bicyclic) bond motifs is 1. The number of carbonyl (C=O) groups excluding carboxylic acids is 2. The third-order valence-electron chi connectivity index (χ3n) is 5.57. The molecule has 170 valence electrons. The third kappa shape index (κ3) is 4.08. The quantitative estimate of drug-likeness (QED) is 0.455. The molecule has 1 aliphatic heterocycles. The summed E-state index contributed by atoms with van der Waals surface area (Å²) in [5, 5.41) is 15.8. The van der Waals surface area contributed by atoms with E-state index in [2.05, 4.69) is 25.6 Å². The standard InChI is InChI=1S/C24H21N7O3/c1-14-22-18(15-7-9-17(10-8-15)34-13-20(25)32)11-21(33)28-23(22)31(30-14)24-27-19(12-26-29-24)16-5-3-2-4-6-16/h2-10,12,18H,11,13H2,1H3,(H2,25,32)(H,28,33)/t18-/m0/s1. The summed E-state index contributed by atoms with van der Waals surface area (Å²) >= 11 is 0. The van der Waals surface area contributed by atoms with Crippen molar-refractivity contribution in [1.29, 1.82) is 0 Å². The van der Waals surface area contributed by atoms with Crippen molar-refractivity contribution >= 4 is 17.6 Å². The molecule has 0 saturated heterocycles. The number of primary amides is 1. The number of carbonyl (C=O) groups is 2. The molecule has 34 heavy (non-hydrogen) atoms. The molecule has 0 fully saturated rings. The summed E-state index contributed by atoms with van der Waals surface area (Å²) in [7, 11) is 0. The van der Waals surface area contributed by atoms with Crippen LogP contribution in [0.15, 0.2) is 60.8 Å². The zero-order valence-electron chi connectivity index (χ0n) is 18.3. The van der Waals surface area contributed by atoms with Crippen molar-refractivity contribution in [2.45, 2.75) is 19.3 Å². The number of hydrogen-bond donors (Lipinski definition) is 2. The number of hydrogen-bond acceptors (Lipinski definition) is 7. The van der Waals surface area contributed by atoms with E-state index in [1.807, 2.05) is 49.4 Å². The number of benzene rings is 2. The van der Waals surface area contributed by atoms with Gasteiger partial charge in [0.1, 0.15) is 11.6 Å². The van der Waals surface area contributed by atoms with Crippen LogP contribution in [0.25, 0.3) is 17.2 Å². The molecule has 4 aromatic rings. The van der Waals surface area contributed by atoms with Gasteiger partial charge in [-0.05, 0) is 24.6 Å². The first-order valence-corrected chi connectivity index (χ1v) is 10.7. The smallest absolute Gasteiger partial charge is 0.272 e. The number of rotatable bonds is 6. The SMILES string of the molecule is Cc1nn(-c2nncc(-c3ccccc3)n2)c2c1[C@H](c1ccc(OCC(N)=O)cc1)CC(=O)N2. The maximum Gasteiger partial charge on any atom is 0.272 e. The van der Waals surface area contributed by atoms with Gasteiger partial charge in [-0.15, -0.1) is 5.10 Å². The van der Waals surface area contributed by atoms with Gasteiger partial charge in [-0.1, -0.05) is 42.5 Å². The summed E-state index contributed by atoms with van der Waals surface area (Å²) in [5.74, 6) is 0.413. The molecule has 0 spiro atoms. The van der Waals surface area contributed by atoms with Crippen molar-refractivity contribution in [2.24, 2.45) is 5.73 Å². The molecule has 5 rings (SSSR count). The molecule has 2 aromatic heterocycles. The van der Waals surface area contributed by atoms with Gasteiger partial charge in [-0.3, -0.25) is 9.59 Å². The Morgan fingerprint density at radius 3 is 2.68 bits per heavy atom. The third-order valence-corrected chi connectivity index (χ3v) is 5.57. The van der Waals surface area contributed by atoms with Gasteiger partial charge in [0.2, 0.25) is 5.91 Å². The molecule has 0 aliphatic carbocycles. The highest BCUT2D eigenvalue weighted by atomic mass is 16.5. The Morgan fingerprint density at radius 1 is 1.18 bits per heavy atom. The summed E-state index contributed by atoms with van der Waals surface area (Å²) in [6.07, 6.45) is 1.86. The van der Waals surface area contributed by atoms with Crippen molar-refractivity contribution in [2.75, 3.05) is 11.9 Å². The largest absolute Gasteiger partial charge is 0.484 e. The molecule has 10 heteroatoms. The van der Waals surface area contributed by atoms with Crippen LogP contribution >= 0.6 is 0 Å². The van der Waals surface area contributed by atoms with E-state index >= 15 is 0 Å². The van der Waals surface area contributed by atoms with Crippen LogP contribution in [0.4, 0.5) is 5.82 Å². The number of nitrogens with zero attached hydrogens (tertiary/aromatic N) is 5. The van der Waals surface area contributed by atoms with Crippen LogP contribution in [-0.4, -0.2) is 43.4 Å². The normalized spacial score (nSPS) is 14.9. The minimum atomic E-state index is -0.547. The van der Waals surface area contributed by atoms with E-state index in [0.717, 1.165) is 22.4 Å². The lowest BCUT2D eigenvalue weighted by Crippen LogP contribution is -2.25. The van der Waals surface area contributed by atoms with Crippen molar-refractivity contribution in [3.63, 3.8) is 0 Å². The van der Waals surface area contributed by atoms with Crippen LogP contribution in [0.1, 0.15) is 29.2 Å². The Labute approximate surface area is 194 Å². The van der Waals surface area contributed by atoms with E-state index in [9.17, 15) is 9.59 Å². The number of ether oxygens (including phenoxy) is 1. The van der Waals surface area contributed by atoms with Crippen LogP contribution in [0.5, 0.6) is 5.75 Å². The van der Waals surface area contributed by atoms with Crippen molar-refractivity contribution in [1.82, 2.24) is 25.0 Å². The Bertz CT molecular complexity index is 1370. The zero-order chi connectivity index (χ0) is 23.7. The molecule has 3 N–H and O–H groups in total. The molecule has 10 nitrogen and oxygen atoms in total. The fourth-order valence-corrected chi connectivity index (χ4v) is 4.06. The predicted molar refractivity (Wildman–Crippen MR) is 123 cm³/mol. The van der Waals surface area contributed by atoms with Gasteiger partial charge in [0, 0.05) is 23.5 Å². The second-order valence-corrected chi connectivity index (χ2v) is 7.90. The average molecular weight is 455 g/mol. The molecule has 0 saturated carbocycles. The monoisotopic (exact) mass is 455 g/mol. The van der Waals surface area contributed by atoms with E-state index in [1.165, 1.54) is 4.68 Å². The number of nitrogens with one attached hydrogen (secondary N) is 1. The highest BCUT2D eigenvalue weighted by Crippen LogP contribution is 2.40. The predicted octanol–water partition coefficient (Wildman–Crippen LogP) is 2.37. The number of aromatic nitrogens is 5. The molecule has 3 heterocycles. The fraction of sp³-hybridized carbons (Fsp3) is 0.167. The molecular formula is C24H21N7O3. The summed E-state index contributed by atoms with van der Waals surface area (Å²) in [5.41, 5.74) is 9.24. The van der Waals surface area contributed by atoms with Gasteiger partial charge in [0.25, 0.3) is 11.9 Å². The van der Waals surface area contributed by atoms with Crippen LogP contribution in [-0.2, 0) is 9.59 Å². The number of amides is 2. The Morgan fingerprint density at radius 2 is 1.94 bits per heavy atom. The van der Waals surface area contributed by atoms with Crippen molar-refractivity contribution in [3.05, 3.63) is 77.6 Å². The van der Waals surface area contributed by atoms with E-state index in [4.69, 9.17) is 10.5 Å². The van der Waals surface area contributed by atoms with Crippen molar-refractivity contribution < 1.29 is 14.3 Å². The summed E-state index contributed by atoms with van der Waals surface area (Å²) in [6.45, 7) is 1.69. The Kier molecular flexibility index (Phi) is 5.46. The lowest BCUT2D eigenvalue weighted by molar-refractivity contribution is -0.120. The Balaban J connectivity index is 1.51. The van der Waals surface area contributed by atoms with Gasteiger partial charge < -0.3 is 15.8 Å². The van der Waals surface area contributed by atoms with Gasteiger partial charge >= 0.3 is 0 Å². The lowest BCUT2D eigenvalue weighted by Gasteiger charge is -2.24. The summed E-state index contributed by atoms with van der Waals surface area (Å²) < 4.78 is 6.87. The minimum Gasteiger partial charge on any atom is -0.484 e. The average Bonchev–Trinajstić information content (AvgIpc) is 3.19. The van der Waals surface area contributed by atoms with Gasteiger partial charge in [-0.2, -0.15) is 14.9 Å². The molecule has 0 bridgehead atoms. The van der Waals surface area contributed by atoms with Crippen LogP contribution < -0.4 is 15.8 Å². The molecule has 0 radical (unpaired) electrons. The topological polar surface area (TPSA) is 138 Å². The summed E-state index contributed by atoms with van der Waals surface area (Å²) in [4.78, 5) is 28.2. The zero-order valence-corrected chi connectivity index (χ0v) is 18.3. The molecule has 2 amide bonds. The first kappa shape index (κ1) is 21.3. The fourth-order valence-electron chi connectivity index (χ4n) is 4.06. The first-order valence-electron chi connectivity index (χ1n) is 10.7. The molecule has 2 aromatic carbocycles. The first-order chi connectivity index (χ1) is 16.5. The molecule has 1 atom stereocenters. The number of anilines is 1. The van der Waals surface area contributed by atoms with Crippen LogP contribution in [0, 0.1) is 6.92 Å². The van der Waals surface area contributed by atoms with E-state index in [-0.39, 0.29) is 30.8 Å².